The molecule has 14 heavy (non-hydrogen) atoms. The lowest BCUT2D eigenvalue weighted by atomic mass is 10.0. The molecule has 2 N–H and O–H groups in total. The molecule has 0 aliphatic rings. The van der Waals surface area contributed by atoms with Crippen molar-refractivity contribution in [2.24, 2.45) is 5.73 Å². The fourth-order valence-corrected chi connectivity index (χ4v) is 2.29. The highest BCUT2D eigenvalue weighted by molar-refractivity contribution is 7.09. The molecule has 1 atom stereocenters. The van der Waals surface area contributed by atoms with E-state index in [1.165, 1.54) is 23.3 Å². The van der Waals surface area contributed by atoms with Crippen LogP contribution < -0.4 is 5.73 Å². The van der Waals surface area contributed by atoms with E-state index in [1.54, 1.807) is 0 Å². The summed E-state index contributed by atoms with van der Waals surface area (Å²) in [5, 5.41) is 2.13. The average molecular weight is 209 g/mol. The van der Waals surface area contributed by atoms with Crippen molar-refractivity contribution in [2.45, 2.75) is 38.6 Å². The summed E-state index contributed by atoms with van der Waals surface area (Å²) in [6, 6.07) is 4.59. The summed E-state index contributed by atoms with van der Waals surface area (Å²) in [6.07, 6.45) is 4.42. The van der Waals surface area contributed by atoms with Crippen molar-refractivity contribution >= 4 is 11.3 Å². The molecule has 78 valence electrons. The van der Waals surface area contributed by atoms with Crippen LogP contribution in [0.1, 0.15) is 31.1 Å². The predicted octanol–water partition coefficient (Wildman–Crippen LogP) is 3.36. The fraction of sp³-hybridized carbons (Fsp3) is 0.500. The van der Waals surface area contributed by atoms with Gasteiger partial charge in [-0.05, 0) is 44.1 Å². The molecule has 1 unspecified atom stereocenters. The van der Waals surface area contributed by atoms with Gasteiger partial charge in [-0.15, -0.1) is 17.9 Å². The Morgan fingerprint density at radius 1 is 1.64 bits per heavy atom. The van der Waals surface area contributed by atoms with Crippen LogP contribution in [0.3, 0.4) is 0 Å². The third kappa shape index (κ3) is 4.58. The lowest BCUT2D eigenvalue weighted by molar-refractivity contribution is 0.580. The van der Waals surface area contributed by atoms with Gasteiger partial charge in [0.25, 0.3) is 0 Å². The molecule has 1 aromatic rings. The van der Waals surface area contributed by atoms with Crippen molar-refractivity contribution < 1.29 is 0 Å². The molecule has 1 heterocycles. The Bertz CT molecular complexity index is 264. The molecular weight excluding hydrogens is 190 g/mol. The van der Waals surface area contributed by atoms with Gasteiger partial charge in [0.05, 0.1) is 0 Å². The molecule has 0 aliphatic carbocycles. The van der Waals surface area contributed by atoms with Crippen LogP contribution in [0.2, 0.25) is 0 Å². The van der Waals surface area contributed by atoms with Crippen molar-refractivity contribution in [2.75, 3.05) is 0 Å². The third-order valence-electron chi connectivity index (χ3n) is 2.19. The van der Waals surface area contributed by atoms with Crippen LogP contribution in [0.25, 0.3) is 0 Å². The van der Waals surface area contributed by atoms with E-state index in [1.807, 2.05) is 18.3 Å². The quantitative estimate of drug-likeness (QED) is 0.714. The highest BCUT2D eigenvalue weighted by atomic mass is 32.1. The molecule has 2 heteroatoms. The molecule has 0 saturated carbocycles. The maximum absolute atomic E-state index is 5.96. The van der Waals surface area contributed by atoms with E-state index in [4.69, 9.17) is 5.73 Å². The lowest BCUT2D eigenvalue weighted by Crippen LogP contribution is -2.19. The van der Waals surface area contributed by atoms with Crippen molar-refractivity contribution in [3.05, 3.63) is 34.5 Å². The summed E-state index contributed by atoms with van der Waals surface area (Å²) in [6.45, 7) is 5.92. The minimum absolute atomic E-state index is 0.299. The molecule has 1 aromatic heterocycles. The van der Waals surface area contributed by atoms with Crippen LogP contribution in [0, 0.1) is 0 Å². The standard InChI is InChI=1S/C12H19NS/c1-10(2)9-11(13)5-3-6-12-7-4-8-14-12/h4,7-8,11H,1,3,5-6,9,13H2,2H3. The second kappa shape index (κ2) is 5.99. The third-order valence-corrected chi connectivity index (χ3v) is 3.13. The minimum Gasteiger partial charge on any atom is -0.327 e. The van der Waals surface area contributed by atoms with E-state index < -0.39 is 0 Å². The molecule has 0 amide bonds. The Morgan fingerprint density at radius 2 is 2.43 bits per heavy atom. The summed E-state index contributed by atoms with van der Waals surface area (Å²) in [4.78, 5) is 1.47. The molecule has 1 rings (SSSR count). The summed E-state index contributed by atoms with van der Waals surface area (Å²) >= 11 is 1.83. The average Bonchev–Trinajstić information content (AvgIpc) is 2.55. The number of nitrogens with two attached hydrogens (primary N) is 1. The van der Waals surface area contributed by atoms with Gasteiger partial charge in [0.1, 0.15) is 0 Å². The van der Waals surface area contributed by atoms with Crippen LogP contribution in [0.4, 0.5) is 0 Å². The van der Waals surface area contributed by atoms with Gasteiger partial charge in [0.15, 0.2) is 0 Å². The summed E-state index contributed by atoms with van der Waals surface area (Å²) in [5.74, 6) is 0. The van der Waals surface area contributed by atoms with Gasteiger partial charge in [0, 0.05) is 10.9 Å². The van der Waals surface area contributed by atoms with Crippen molar-refractivity contribution in [3.63, 3.8) is 0 Å². The zero-order valence-corrected chi connectivity index (χ0v) is 9.65. The van der Waals surface area contributed by atoms with Crippen LogP contribution >= 0.6 is 11.3 Å². The number of hydrogen-bond acceptors (Lipinski definition) is 2. The second-order valence-electron chi connectivity index (χ2n) is 3.89. The van der Waals surface area contributed by atoms with Crippen LogP contribution in [-0.2, 0) is 6.42 Å². The summed E-state index contributed by atoms with van der Waals surface area (Å²) in [7, 11) is 0. The maximum Gasteiger partial charge on any atom is 0.00759 e. The first-order valence-electron chi connectivity index (χ1n) is 5.11. The first kappa shape index (κ1) is 11.5. The molecule has 0 aromatic carbocycles. The monoisotopic (exact) mass is 209 g/mol. The van der Waals surface area contributed by atoms with Crippen molar-refractivity contribution in [1.29, 1.82) is 0 Å². The number of rotatable bonds is 6. The molecule has 0 bridgehead atoms. The molecule has 0 fully saturated rings. The first-order valence-corrected chi connectivity index (χ1v) is 5.99. The Morgan fingerprint density at radius 3 is 3.00 bits per heavy atom. The summed E-state index contributed by atoms with van der Waals surface area (Å²) in [5.41, 5.74) is 7.15. The lowest BCUT2D eigenvalue weighted by Gasteiger charge is -2.10. The van der Waals surface area contributed by atoms with Gasteiger partial charge in [0.2, 0.25) is 0 Å². The van der Waals surface area contributed by atoms with Crippen molar-refractivity contribution in [1.82, 2.24) is 0 Å². The smallest absolute Gasteiger partial charge is 0.00759 e. The van der Waals surface area contributed by atoms with Gasteiger partial charge in [-0.25, -0.2) is 0 Å². The van der Waals surface area contributed by atoms with Crippen molar-refractivity contribution in [3.8, 4) is 0 Å². The topological polar surface area (TPSA) is 26.0 Å². The van der Waals surface area contributed by atoms with E-state index >= 15 is 0 Å². The Hall–Kier alpha value is -0.600. The predicted molar refractivity (Wildman–Crippen MR) is 64.7 cm³/mol. The number of aryl methyl sites for hydroxylation is 1. The molecule has 0 spiro atoms. The van der Waals surface area contributed by atoms with Gasteiger partial charge in [-0.2, -0.15) is 0 Å². The highest BCUT2D eigenvalue weighted by Crippen LogP contribution is 2.13. The van der Waals surface area contributed by atoms with E-state index in [0.29, 0.717) is 6.04 Å². The molecular formula is C12H19NS. The Kier molecular flexibility index (Phi) is 4.91. The normalized spacial score (nSPS) is 12.7. The van der Waals surface area contributed by atoms with Crippen LogP contribution in [-0.4, -0.2) is 6.04 Å². The van der Waals surface area contributed by atoms with Gasteiger partial charge in [-0.3, -0.25) is 0 Å². The number of thiophene rings is 1. The zero-order chi connectivity index (χ0) is 10.4. The maximum atomic E-state index is 5.96. The van der Waals surface area contributed by atoms with Gasteiger partial charge >= 0.3 is 0 Å². The molecule has 0 saturated heterocycles. The second-order valence-corrected chi connectivity index (χ2v) is 4.93. The first-order chi connectivity index (χ1) is 6.68. The van der Waals surface area contributed by atoms with E-state index in [2.05, 4.69) is 24.1 Å². The molecule has 1 nitrogen and oxygen atoms in total. The number of hydrogen-bond donors (Lipinski definition) is 1. The van der Waals surface area contributed by atoms with Gasteiger partial charge in [-0.1, -0.05) is 11.6 Å². The van der Waals surface area contributed by atoms with E-state index in [0.717, 1.165) is 12.8 Å². The fourth-order valence-electron chi connectivity index (χ4n) is 1.54. The highest BCUT2D eigenvalue weighted by Gasteiger charge is 2.02. The summed E-state index contributed by atoms with van der Waals surface area (Å²) < 4.78 is 0. The largest absolute Gasteiger partial charge is 0.327 e. The molecule has 0 radical (unpaired) electrons. The molecule has 0 aliphatic heterocycles. The Labute approximate surface area is 90.6 Å². The zero-order valence-electron chi connectivity index (χ0n) is 8.83. The van der Waals surface area contributed by atoms with E-state index in [-0.39, 0.29) is 0 Å². The van der Waals surface area contributed by atoms with Gasteiger partial charge < -0.3 is 5.73 Å². The van der Waals surface area contributed by atoms with E-state index in [9.17, 15) is 0 Å². The van der Waals surface area contributed by atoms with Crippen LogP contribution in [0.15, 0.2) is 29.7 Å². The SMILES string of the molecule is C=C(C)CC(N)CCCc1cccs1. The Balaban J connectivity index is 2.12. The minimum atomic E-state index is 0.299. The van der Waals surface area contributed by atoms with Crippen LogP contribution in [0.5, 0.6) is 0 Å².